The van der Waals surface area contributed by atoms with E-state index in [9.17, 15) is 0 Å². The highest BCUT2D eigenvalue weighted by Gasteiger charge is 1.98. The minimum Gasteiger partial charge on any atom is -0.598 e. The van der Waals surface area contributed by atoms with Gasteiger partial charge in [0.2, 0.25) is 0 Å². The van der Waals surface area contributed by atoms with Crippen molar-refractivity contribution in [1.82, 2.24) is 0 Å². The molecule has 0 aliphatic heterocycles. The average molecular weight is 474 g/mol. The number of nitrogens with one attached hydrogen (secondary N) is 4. The monoisotopic (exact) mass is 474 g/mol. The van der Waals surface area contributed by atoms with Gasteiger partial charge in [-0.05, 0) is 22.3 Å². The number of rotatable bonds is 2. The molecule has 4 aromatic rings. The number of H-pyrrole nitrogens is 4. The van der Waals surface area contributed by atoms with E-state index in [1.165, 1.54) is 22.3 Å². The molecule has 164 valence electrons. The van der Waals surface area contributed by atoms with Gasteiger partial charge >= 0.3 is 0 Å². The summed E-state index contributed by atoms with van der Waals surface area (Å²) in [4.78, 5) is 45.9. The second-order valence-electron chi connectivity index (χ2n) is 5.60. The first kappa shape index (κ1) is 26.7. The Bertz CT molecular complexity index is 877. The summed E-state index contributed by atoms with van der Waals surface area (Å²) < 4.78 is 17.0. The highest BCUT2D eigenvalue weighted by Crippen LogP contribution is 2.15. The maximum Gasteiger partial charge on any atom is 0.276 e. The fourth-order valence-electron chi connectivity index (χ4n) is 2.32. The summed E-state index contributed by atoms with van der Waals surface area (Å²) in [7, 11) is -6.74. The van der Waals surface area contributed by atoms with E-state index < -0.39 is 16.5 Å². The molecule has 0 fully saturated rings. The third kappa shape index (κ3) is 13.0. The molecule has 4 N–H and O–H groups in total. The van der Waals surface area contributed by atoms with Crippen LogP contribution >= 0.6 is 16.5 Å². The summed E-state index contributed by atoms with van der Waals surface area (Å²) in [5.41, 5.74) is 4.90. The van der Waals surface area contributed by atoms with Crippen LogP contribution in [0.4, 0.5) is 0 Å². The quantitative estimate of drug-likeness (QED) is 0.325. The van der Waals surface area contributed by atoms with Gasteiger partial charge in [-0.3, -0.25) is 0 Å². The second kappa shape index (κ2) is 16.3. The molecular formula is C20H20N4O6P2+2. The molecule has 4 rings (SSSR count). The summed E-state index contributed by atoms with van der Waals surface area (Å²) in [5.74, 6) is 0. The van der Waals surface area contributed by atoms with Gasteiger partial charge in [-0.2, -0.15) is 0 Å². The van der Waals surface area contributed by atoms with Crippen LogP contribution in [0.15, 0.2) is 98.1 Å². The Morgan fingerprint density at radius 2 is 0.531 bits per heavy atom. The van der Waals surface area contributed by atoms with Crippen molar-refractivity contribution in [2.75, 3.05) is 0 Å². The lowest BCUT2D eigenvalue weighted by atomic mass is 10.1. The standard InChI is InChI=1S/2C10H8N2.2HO3P/c2*1-5-11-6-2-9(1)10-3-7-12-8-4-10;2*1-4(2)3/h2*1-8H;2*(H,1,2,3)/p+2. The third-order valence-electron chi connectivity index (χ3n) is 3.54. The first-order valence-corrected chi connectivity index (χ1v) is 11.1. The molecule has 32 heavy (non-hydrogen) atoms. The van der Waals surface area contributed by atoms with E-state index in [2.05, 4.69) is 68.5 Å². The van der Waals surface area contributed by atoms with Crippen molar-refractivity contribution in [3.63, 3.8) is 0 Å². The van der Waals surface area contributed by atoms with E-state index in [4.69, 9.17) is 28.7 Å². The number of hydrogen-bond donors (Lipinski definition) is 0. The molecule has 0 aliphatic carbocycles. The lowest BCUT2D eigenvalue weighted by Gasteiger charge is -1.93. The molecule has 0 radical (unpaired) electrons. The molecule has 10 nitrogen and oxygen atoms in total. The third-order valence-corrected chi connectivity index (χ3v) is 3.54. The molecule has 0 aromatic carbocycles. The molecule has 12 heteroatoms. The molecule has 0 saturated carbocycles. The predicted molar refractivity (Wildman–Crippen MR) is 105 cm³/mol. The van der Waals surface area contributed by atoms with E-state index in [0.29, 0.717) is 0 Å². The number of aromatic amines is 4. The van der Waals surface area contributed by atoms with Crippen LogP contribution in [0.5, 0.6) is 0 Å². The Hall–Kier alpha value is -3.36. The first-order valence-electron chi connectivity index (χ1n) is 8.88. The predicted octanol–water partition coefficient (Wildman–Crippen LogP) is -1.31. The Labute approximate surface area is 185 Å². The summed E-state index contributed by atoms with van der Waals surface area (Å²) in [6, 6.07) is 16.4. The van der Waals surface area contributed by atoms with Gasteiger partial charge in [-0.25, -0.2) is 19.9 Å². The Balaban J connectivity index is 0.000000242. The molecule has 0 unspecified atom stereocenters. The molecule has 4 aromatic heterocycles. The van der Waals surface area contributed by atoms with Crippen LogP contribution in [0, 0.1) is 0 Å². The Kier molecular flexibility index (Phi) is 13.6. The van der Waals surface area contributed by atoms with Crippen LogP contribution in [0.25, 0.3) is 22.3 Å². The zero-order valence-corrected chi connectivity index (χ0v) is 18.4. The van der Waals surface area contributed by atoms with Gasteiger partial charge in [-0.15, -0.1) is 0 Å². The highest BCUT2D eigenvalue weighted by molar-refractivity contribution is 7.27. The van der Waals surface area contributed by atoms with Crippen molar-refractivity contribution < 1.29 is 48.6 Å². The number of hydrogen-bond acceptors (Lipinski definition) is 6. The molecule has 0 saturated heterocycles. The van der Waals surface area contributed by atoms with Crippen molar-refractivity contribution in [2.24, 2.45) is 0 Å². The largest absolute Gasteiger partial charge is 0.598 e. The SMILES string of the molecule is O=[P+]([O-])[O-].O=[P+]([O-])[O-].c1cc(-c2cc[nH+]cc2)cc[nH+]1.c1cc(-c2cc[nH+]cc2)cc[nH+]1. The van der Waals surface area contributed by atoms with E-state index in [0.717, 1.165) is 0 Å². The van der Waals surface area contributed by atoms with Crippen LogP contribution in [-0.4, -0.2) is 0 Å². The molecule has 0 aliphatic rings. The van der Waals surface area contributed by atoms with Gasteiger partial charge in [0.1, 0.15) is 0 Å². The normalized spacial score (nSPS) is 8.88. The molecule has 0 bridgehead atoms. The van der Waals surface area contributed by atoms with Crippen LogP contribution < -0.4 is 39.5 Å². The number of pyridine rings is 4. The zero-order valence-electron chi connectivity index (χ0n) is 16.6. The topological polar surface area (TPSA) is 183 Å². The Morgan fingerprint density at radius 1 is 0.406 bits per heavy atom. The van der Waals surface area contributed by atoms with E-state index in [-0.39, 0.29) is 0 Å². The maximum absolute atomic E-state index is 8.48. The van der Waals surface area contributed by atoms with Crippen LogP contribution in [0.1, 0.15) is 0 Å². The fourth-order valence-corrected chi connectivity index (χ4v) is 2.32. The second-order valence-corrected chi connectivity index (χ2v) is 6.50. The van der Waals surface area contributed by atoms with Gasteiger partial charge in [0.25, 0.3) is 16.5 Å². The van der Waals surface area contributed by atoms with Crippen LogP contribution in [-0.2, 0) is 9.13 Å². The van der Waals surface area contributed by atoms with Gasteiger partial charge in [0.15, 0.2) is 49.6 Å². The van der Waals surface area contributed by atoms with Gasteiger partial charge in [-0.1, -0.05) is 9.13 Å². The lowest BCUT2D eigenvalue weighted by Crippen LogP contribution is -1.99. The van der Waals surface area contributed by atoms with Gasteiger partial charge in [0, 0.05) is 48.5 Å². The minimum atomic E-state index is -3.37. The summed E-state index contributed by atoms with van der Waals surface area (Å²) in [6.07, 6.45) is 15.4. The summed E-state index contributed by atoms with van der Waals surface area (Å²) in [6.45, 7) is 0. The average Bonchev–Trinajstić information content (AvgIpc) is 2.81. The maximum atomic E-state index is 8.48. The summed E-state index contributed by atoms with van der Waals surface area (Å²) >= 11 is 0. The fraction of sp³-hybridized carbons (Fsp3) is 0. The van der Waals surface area contributed by atoms with E-state index >= 15 is 0 Å². The first-order chi connectivity index (χ1) is 15.4. The molecule has 0 atom stereocenters. The van der Waals surface area contributed by atoms with Crippen molar-refractivity contribution in [1.29, 1.82) is 0 Å². The molecular weight excluding hydrogens is 454 g/mol. The molecule has 0 amide bonds. The van der Waals surface area contributed by atoms with Crippen LogP contribution in [0.2, 0.25) is 0 Å². The van der Waals surface area contributed by atoms with E-state index in [1.807, 2.05) is 49.6 Å². The zero-order chi connectivity index (χ0) is 23.6. The van der Waals surface area contributed by atoms with E-state index in [1.54, 1.807) is 0 Å². The lowest BCUT2D eigenvalue weighted by molar-refractivity contribution is -0.378. The van der Waals surface area contributed by atoms with Crippen molar-refractivity contribution in [2.45, 2.75) is 0 Å². The molecule has 0 spiro atoms. The van der Waals surface area contributed by atoms with Gasteiger partial charge < -0.3 is 19.6 Å². The highest BCUT2D eigenvalue weighted by atomic mass is 31.1. The van der Waals surface area contributed by atoms with Crippen molar-refractivity contribution in [3.05, 3.63) is 98.1 Å². The van der Waals surface area contributed by atoms with Gasteiger partial charge in [0.05, 0.1) is 0 Å². The number of aromatic nitrogens is 4. The molecule has 4 heterocycles. The van der Waals surface area contributed by atoms with Crippen molar-refractivity contribution in [3.8, 4) is 22.3 Å². The smallest absolute Gasteiger partial charge is 0.276 e. The van der Waals surface area contributed by atoms with Crippen LogP contribution in [0.3, 0.4) is 0 Å². The Morgan fingerprint density at radius 3 is 0.656 bits per heavy atom. The van der Waals surface area contributed by atoms with Crippen molar-refractivity contribution >= 4 is 16.5 Å². The summed E-state index contributed by atoms with van der Waals surface area (Å²) in [5, 5.41) is 0. The minimum absolute atomic E-state index is 1.22.